The number of nitrogens with zero attached hydrogens (tertiary/aromatic N) is 1. The standard InChI is InChI=1S/C15H20N2O2/c1-11-6-13(18-2)14(19-3)7-12(11)8-17-10-15(9-16)4-5-15/h6-7,17H,4-5,8,10H2,1-3H3. The van der Waals surface area contributed by atoms with Crippen molar-refractivity contribution in [3.8, 4) is 17.6 Å². The summed E-state index contributed by atoms with van der Waals surface area (Å²) in [6, 6.07) is 6.36. The van der Waals surface area contributed by atoms with Gasteiger partial charge < -0.3 is 14.8 Å². The summed E-state index contributed by atoms with van der Waals surface area (Å²) in [4.78, 5) is 0. The van der Waals surface area contributed by atoms with E-state index in [9.17, 15) is 0 Å². The second-order valence-electron chi connectivity index (χ2n) is 5.13. The summed E-state index contributed by atoms with van der Waals surface area (Å²) in [5.74, 6) is 1.49. The van der Waals surface area contributed by atoms with E-state index in [0.29, 0.717) is 0 Å². The molecule has 0 atom stereocenters. The first-order valence-corrected chi connectivity index (χ1v) is 6.47. The van der Waals surface area contributed by atoms with Gasteiger partial charge in [0, 0.05) is 13.1 Å². The highest BCUT2D eigenvalue weighted by atomic mass is 16.5. The van der Waals surface area contributed by atoms with E-state index in [2.05, 4.69) is 18.3 Å². The van der Waals surface area contributed by atoms with Crippen molar-refractivity contribution in [3.63, 3.8) is 0 Å². The highest BCUT2D eigenvalue weighted by molar-refractivity contribution is 5.47. The minimum atomic E-state index is -0.107. The minimum absolute atomic E-state index is 0.107. The molecule has 1 aliphatic carbocycles. The van der Waals surface area contributed by atoms with Gasteiger partial charge >= 0.3 is 0 Å². The van der Waals surface area contributed by atoms with Crippen LogP contribution in [-0.4, -0.2) is 20.8 Å². The van der Waals surface area contributed by atoms with Crippen molar-refractivity contribution in [2.24, 2.45) is 5.41 Å². The third-order valence-electron chi connectivity index (χ3n) is 3.71. The lowest BCUT2D eigenvalue weighted by molar-refractivity contribution is 0.354. The number of methoxy groups -OCH3 is 2. The molecule has 1 aliphatic rings. The van der Waals surface area contributed by atoms with E-state index in [-0.39, 0.29) is 5.41 Å². The molecule has 1 aromatic carbocycles. The fourth-order valence-corrected chi connectivity index (χ4v) is 2.13. The lowest BCUT2D eigenvalue weighted by Gasteiger charge is -2.14. The summed E-state index contributed by atoms with van der Waals surface area (Å²) in [6.07, 6.45) is 2.03. The Morgan fingerprint density at radius 1 is 1.26 bits per heavy atom. The van der Waals surface area contributed by atoms with Gasteiger partial charge in [0.1, 0.15) is 0 Å². The summed E-state index contributed by atoms with van der Waals surface area (Å²) in [6.45, 7) is 3.56. The second kappa shape index (κ2) is 5.50. The molecule has 0 aromatic heterocycles. The molecule has 0 amide bonds. The first kappa shape index (κ1) is 13.7. The summed E-state index contributed by atoms with van der Waals surface area (Å²) < 4.78 is 10.6. The molecule has 0 aliphatic heterocycles. The maximum absolute atomic E-state index is 9.03. The Labute approximate surface area is 114 Å². The third kappa shape index (κ3) is 2.99. The fourth-order valence-electron chi connectivity index (χ4n) is 2.13. The van der Waals surface area contributed by atoms with Gasteiger partial charge in [-0.15, -0.1) is 0 Å². The molecular weight excluding hydrogens is 240 g/mol. The van der Waals surface area contributed by atoms with Crippen LogP contribution < -0.4 is 14.8 Å². The normalized spacial score (nSPS) is 15.7. The van der Waals surface area contributed by atoms with E-state index >= 15 is 0 Å². The van der Waals surface area contributed by atoms with Crippen LogP contribution in [-0.2, 0) is 6.54 Å². The largest absolute Gasteiger partial charge is 0.493 e. The lowest BCUT2D eigenvalue weighted by atomic mass is 10.1. The average Bonchev–Trinajstić information content (AvgIpc) is 3.20. The molecule has 4 nitrogen and oxygen atoms in total. The van der Waals surface area contributed by atoms with Crippen LogP contribution in [0.15, 0.2) is 12.1 Å². The predicted molar refractivity (Wildman–Crippen MR) is 73.3 cm³/mol. The van der Waals surface area contributed by atoms with Gasteiger partial charge in [-0.3, -0.25) is 0 Å². The SMILES string of the molecule is COc1cc(C)c(CNCC2(C#N)CC2)cc1OC. The van der Waals surface area contributed by atoms with Gasteiger partial charge in [0.05, 0.1) is 25.7 Å². The molecule has 102 valence electrons. The van der Waals surface area contributed by atoms with Crippen molar-refractivity contribution < 1.29 is 9.47 Å². The number of aryl methyl sites for hydroxylation is 1. The van der Waals surface area contributed by atoms with E-state index in [1.54, 1.807) is 14.2 Å². The Bertz CT molecular complexity index is 502. The van der Waals surface area contributed by atoms with Crippen molar-refractivity contribution in [2.75, 3.05) is 20.8 Å². The Balaban J connectivity index is 2.02. The molecular formula is C15H20N2O2. The number of hydrogen-bond donors (Lipinski definition) is 1. The molecule has 1 aromatic rings. The van der Waals surface area contributed by atoms with Crippen molar-refractivity contribution >= 4 is 0 Å². The smallest absolute Gasteiger partial charge is 0.161 e. The molecule has 0 heterocycles. The van der Waals surface area contributed by atoms with Crippen LogP contribution in [0.5, 0.6) is 11.5 Å². The molecule has 0 bridgehead atoms. The molecule has 1 N–H and O–H groups in total. The van der Waals surface area contributed by atoms with Crippen molar-refractivity contribution in [1.82, 2.24) is 5.32 Å². The van der Waals surface area contributed by atoms with E-state index in [4.69, 9.17) is 14.7 Å². The topological polar surface area (TPSA) is 54.3 Å². The molecule has 1 fully saturated rings. The van der Waals surface area contributed by atoms with Gasteiger partial charge in [-0.1, -0.05) is 0 Å². The van der Waals surface area contributed by atoms with Crippen molar-refractivity contribution in [2.45, 2.75) is 26.3 Å². The van der Waals surface area contributed by atoms with Gasteiger partial charge in [-0.05, 0) is 43.0 Å². The quantitative estimate of drug-likeness (QED) is 0.853. The summed E-state index contributed by atoms with van der Waals surface area (Å²) in [5.41, 5.74) is 2.23. The number of benzene rings is 1. The van der Waals surface area contributed by atoms with E-state index in [1.165, 1.54) is 5.56 Å². The first-order chi connectivity index (χ1) is 9.14. The molecule has 0 radical (unpaired) electrons. The molecule has 2 rings (SSSR count). The van der Waals surface area contributed by atoms with Crippen LogP contribution in [0.1, 0.15) is 24.0 Å². The van der Waals surface area contributed by atoms with E-state index in [1.807, 2.05) is 12.1 Å². The van der Waals surface area contributed by atoms with Gasteiger partial charge in [0.25, 0.3) is 0 Å². The van der Waals surface area contributed by atoms with Gasteiger partial charge in [-0.25, -0.2) is 0 Å². The third-order valence-corrected chi connectivity index (χ3v) is 3.71. The molecule has 19 heavy (non-hydrogen) atoms. The zero-order valence-electron chi connectivity index (χ0n) is 11.7. The van der Waals surface area contributed by atoms with Gasteiger partial charge in [-0.2, -0.15) is 5.26 Å². The Hall–Kier alpha value is -1.73. The molecule has 0 saturated heterocycles. The second-order valence-corrected chi connectivity index (χ2v) is 5.13. The van der Waals surface area contributed by atoms with E-state index in [0.717, 1.165) is 43.0 Å². The summed E-state index contributed by atoms with van der Waals surface area (Å²) in [5, 5.41) is 12.4. The van der Waals surface area contributed by atoms with Crippen LogP contribution in [0.2, 0.25) is 0 Å². The highest BCUT2D eigenvalue weighted by Gasteiger charge is 2.42. The zero-order chi connectivity index (χ0) is 13.9. The summed E-state index contributed by atoms with van der Waals surface area (Å²) >= 11 is 0. The Morgan fingerprint density at radius 2 is 1.89 bits per heavy atom. The molecule has 4 heteroatoms. The molecule has 0 unspecified atom stereocenters. The van der Waals surface area contributed by atoms with Gasteiger partial charge in [0.2, 0.25) is 0 Å². The number of hydrogen-bond acceptors (Lipinski definition) is 4. The average molecular weight is 260 g/mol. The Morgan fingerprint density at radius 3 is 2.42 bits per heavy atom. The van der Waals surface area contributed by atoms with Crippen LogP contribution in [0.3, 0.4) is 0 Å². The maximum Gasteiger partial charge on any atom is 0.161 e. The van der Waals surface area contributed by atoms with Crippen molar-refractivity contribution in [1.29, 1.82) is 5.26 Å². The maximum atomic E-state index is 9.03. The monoisotopic (exact) mass is 260 g/mol. The zero-order valence-corrected chi connectivity index (χ0v) is 11.7. The van der Waals surface area contributed by atoms with E-state index < -0.39 is 0 Å². The number of nitrogens with one attached hydrogen (secondary N) is 1. The van der Waals surface area contributed by atoms with Crippen LogP contribution in [0.25, 0.3) is 0 Å². The fraction of sp³-hybridized carbons (Fsp3) is 0.533. The van der Waals surface area contributed by atoms with Crippen LogP contribution >= 0.6 is 0 Å². The van der Waals surface area contributed by atoms with Gasteiger partial charge in [0.15, 0.2) is 11.5 Å². The van der Waals surface area contributed by atoms with Crippen LogP contribution in [0, 0.1) is 23.7 Å². The first-order valence-electron chi connectivity index (χ1n) is 6.47. The Kier molecular flexibility index (Phi) is 3.96. The predicted octanol–water partition coefficient (Wildman–Crippen LogP) is 2.41. The minimum Gasteiger partial charge on any atom is -0.493 e. The summed E-state index contributed by atoms with van der Waals surface area (Å²) in [7, 11) is 3.28. The lowest BCUT2D eigenvalue weighted by Crippen LogP contribution is -2.22. The number of nitriles is 1. The van der Waals surface area contributed by atoms with Crippen molar-refractivity contribution in [3.05, 3.63) is 23.3 Å². The highest BCUT2D eigenvalue weighted by Crippen LogP contribution is 2.44. The number of ether oxygens (including phenoxy) is 2. The number of rotatable bonds is 6. The molecule has 1 saturated carbocycles. The molecule has 0 spiro atoms. The van der Waals surface area contributed by atoms with Crippen LogP contribution in [0.4, 0.5) is 0 Å².